The van der Waals surface area contributed by atoms with E-state index in [4.69, 9.17) is 0 Å². The van der Waals surface area contributed by atoms with Gasteiger partial charge in [0, 0.05) is 3.57 Å². The Morgan fingerprint density at radius 1 is 1.42 bits per heavy atom. The molecular formula is C11H13I. The molecule has 0 radical (unpaired) electrons. The highest BCUT2D eigenvalue weighted by atomic mass is 127. The van der Waals surface area contributed by atoms with Crippen molar-refractivity contribution in [2.45, 2.75) is 32.1 Å². The Hall–Kier alpha value is -0.0500. The number of fused-ring (bicyclic) bond motifs is 1. The van der Waals surface area contributed by atoms with Crippen molar-refractivity contribution >= 4 is 22.6 Å². The maximum atomic E-state index is 2.39. The van der Waals surface area contributed by atoms with E-state index in [1.165, 1.54) is 22.8 Å². The van der Waals surface area contributed by atoms with Crippen molar-refractivity contribution in [2.75, 3.05) is 0 Å². The van der Waals surface area contributed by atoms with Gasteiger partial charge in [0.1, 0.15) is 0 Å². The van der Waals surface area contributed by atoms with Gasteiger partial charge in [-0.15, -0.1) is 0 Å². The van der Waals surface area contributed by atoms with E-state index in [9.17, 15) is 0 Å². The highest BCUT2D eigenvalue weighted by Gasteiger charge is 2.15. The van der Waals surface area contributed by atoms with E-state index in [0.717, 1.165) is 5.92 Å². The smallest absolute Gasteiger partial charge is 0.0133 e. The van der Waals surface area contributed by atoms with Gasteiger partial charge >= 0.3 is 0 Å². The van der Waals surface area contributed by atoms with Crippen LogP contribution < -0.4 is 0 Å². The van der Waals surface area contributed by atoms with Crippen LogP contribution in [0.25, 0.3) is 0 Å². The van der Waals surface area contributed by atoms with Crippen molar-refractivity contribution in [3.8, 4) is 0 Å². The van der Waals surface area contributed by atoms with Crippen LogP contribution in [0.4, 0.5) is 0 Å². The van der Waals surface area contributed by atoms with Gasteiger partial charge in [0.25, 0.3) is 0 Å². The third-order valence-electron chi connectivity index (χ3n) is 2.72. The lowest BCUT2D eigenvalue weighted by Gasteiger charge is -2.22. The normalized spacial score (nSPS) is 22.0. The fraction of sp³-hybridized carbons (Fsp3) is 0.455. The molecular weight excluding hydrogens is 259 g/mol. The van der Waals surface area contributed by atoms with Crippen LogP contribution in [0.2, 0.25) is 0 Å². The first-order valence-corrected chi connectivity index (χ1v) is 5.63. The number of hydrogen-bond donors (Lipinski definition) is 0. The van der Waals surface area contributed by atoms with Gasteiger partial charge in [0.15, 0.2) is 0 Å². The highest BCUT2D eigenvalue weighted by Crippen LogP contribution is 2.31. The van der Waals surface area contributed by atoms with Gasteiger partial charge < -0.3 is 0 Å². The van der Waals surface area contributed by atoms with Gasteiger partial charge in [-0.25, -0.2) is 0 Å². The van der Waals surface area contributed by atoms with E-state index in [1.807, 2.05) is 0 Å². The van der Waals surface area contributed by atoms with Crippen molar-refractivity contribution < 1.29 is 0 Å². The monoisotopic (exact) mass is 272 g/mol. The van der Waals surface area contributed by atoms with E-state index in [1.54, 1.807) is 11.1 Å². The molecule has 0 aliphatic heterocycles. The molecule has 0 saturated heterocycles. The van der Waals surface area contributed by atoms with Crippen molar-refractivity contribution in [3.05, 3.63) is 32.9 Å². The van der Waals surface area contributed by atoms with Gasteiger partial charge in [0.2, 0.25) is 0 Å². The van der Waals surface area contributed by atoms with Gasteiger partial charge in [-0.3, -0.25) is 0 Å². The lowest BCUT2D eigenvalue weighted by molar-refractivity contribution is 0.590. The number of hydrogen-bond acceptors (Lipinski definition) is 0. The Morgan fingerprint density at radius 3 is 3.08 bits per heavy atom. The molecule has 0 amide bonds. The average Bonchev–Trinajstić information content (AvgIpc) is 2.04. The summed E-state index contributed by atoms with van der Waals surface area (Å²) in [5.74, 6) is 0.783. The van der Waals surface area contributed by atoms with Gasteiger partial charge in [-0.1, -0.05) is 13.0 Å². The van der Waals surface area contributed by atoms with E-state index >= 15 is 0 Å². The summed E-state index contributed by atoms with van der Waals surface area (Å²) in [4.78, 5) is 0. The van der Waals surface area contributed by atoms with E-state index < -0.39 is 0 Å². The molecule has 0 aromatic heterocycles. The molecule has 1 aliphatic rings. The second-order valence-electron chi connectivity index (χ2n) is 3.64. The molecule has 0 nitrogen and oxygen atoms in total. The molecule has 0 fully saturated rings. The fourth-order valence-corrected chi connectivity index (χ4v) is 2.58. The first-order valence-electron chi connectivity index (χ1n) is 4.55. The molecule has 1 aromatic carbocycles. The van der Waals surface area contributed by atoms with Crippen LogP contribution in [0.3, 0.4) is 0 Å². The van der Waals surface area contributed by atoms with Crippen LogP contribution in [0.15, 0.2) is 18.2 Å². The third-order valence-corrected chi connectivity index (χ3v) is 3.39. The van der Waals surface area contributed by atoms with Crippen LogP contribution in [0.1, 0.15) is 36.8 Å². The second kappa shape index (κ2) is 3.36. The number of rotatable bonds is 0. The van der Waals surface area contributed by atoms with Crippen LogP contribution in [0.5, 0.6) is 0 Å². The van der Waals surface area contributed by atoms with Crippen LogP contribution in [-0.2, 0) is 6.42 Å². The Labute approximate surface area is 87.5 Å². The zero-order valence-electron chi connectivity index (χ0n) is 7.31. The molecule has 1 aliphatic carbocycles. The molecule has 0 bridgehead atoms. The van der Waals surface area contributed by atoms with Crippen molar-refractivity contribution in [1.82, 2.24) is 0 Å². The highest BCUT2D eigenvalue weighted by molar-refractivity contribution is 14.1. The molecule has 1 atom stereocenters. The van der Waals surface area contributed by atoms with E-state index in [2.05, 4.69) is 47.7 Å². The van der Waals surface area contributed by atoms with Crippen molar-refractivity contribution in [1.29, 1.82) is 0 Å². The summed E-state index contributed by atoms with van der Waals surface area (Å²) in [6.45, 7) is 2.34. The van der Waals surface area contributed by atoms with Crippen LogP contribution >= 0.6 is 22.6 Å². The van der Waals surface area contributed by atoms with E-state index in [0.29, 0.717) is 0 Å². The molecule has 1 aromatic rings. The minimum Gasteiger partial charge on any atom is -0.0584 e. The number of benzene rings is 1. The molecule has 12 heavy (non-hydrogen) atoms. The summed E-state index contributed by atoms with van der Waals surface area (Å²) in [7, 11) is 0. The summed E-state index contributed by atoms with van der Waals surface area (Å²) in [6.07, 6.45) is 4.03. The second-order valence-corrected chi connectivity index (χ2v) is 4.88. The Kier molecular flexibility index (Phi) is 2.40. The SMILES string of the molecule is CC1CCCc2cc(I)ccc21. The first kappa shape index (κ1) is 8.54. The molecule has 64 valence electrons. The molecule has 1 unspecified atom stereocenters. The average molecular weight is 272 g/mol. The zero-order valence-corrected chi connectivity index (χ0v) is 9.47. The summed E-state index contributed by atoms with van der Waals surface area (Å²) in [6, 6.07) is 6.87. The maximum Gasteiger partial charge on any atom is 0.0133 e. The van der Waals surface area contributed by atoms with Crippen LogP contribution in [0, 0.1) is 3.57 Å². The molecule has 2 rings (SSSR count). The zero-order chi connectivity index (χ0) is 8.55. The minimum atomic E-state index is 0.783. The summed E-state index contributed by atoms with van der Waals surface area (Å²) >= 11 is 2.39. The predicted octanol–water partition coefficient (Wildman–Crippen LogP) is 3.73. The molecule has 0 heterocycles. The summed E-state index contributed by atoms with van der Waals surface area (Å²) < 4.78 is 1.38. The predicted molar refractivity (Wildman–Crippen MR) is 60.5 cm³/mol. The van der Waals surface area contributed by atoms with Gasteiger partial charge in [-0.05, 0) is 71.0 Å². The number of aryl methyl sites for hydroxylation is 1. The molecule has 0 N–H and O–H groups in total. The minimum absolute atomic E-state index is 0.783. The quantitative estimate of drug-likeness (QED) is 0.631. The maximum absolute atomic E-state index is 2.39. The summed E-state index contributed by atoms with van der Waals surface area (Å²) in [5, 5.41) is 0. The Balaban J connectivity index is 2.46. The first-order chi connectivity index (χ1) is 5.77. The third kappa shape index (κ3) is 1.51. The fourth-order valence-electron chi connectivity index (χ4n) is 2.03. The summed E-state index contributed by atoms with van der Waals surface area (Å²) in [5.41, 5.74) is 3.17. The topological polar surface area (TPSA) is 0 Å². The number of halogens is 1. The van der Waals surface area contributed by atoms with Crippen molar-refractivity contribution in [2.24, 2.45) is 0 Å². The largest absolute Gasteiger partial charge is 0.0584 e. The van der Waals surface area contributed by atoms with Crippen molar-refractivity contribution in [3.63, 3.8) is 0 Å². The van der Waals surface area contributed by atoms with Crippen LogP contribution in [-0.4, -0.2) is 0 Å². The Bertz CT molecular complexity index is 291. The van der Waals surface area contributed by atoms with E-state index in [-0.39, 0.29) is 0 Å². The lowest BCUT2D eigenvalue weighted by atomic mass is 9.84. The van der Waals surface area contributed by atoms with Gasteiger partial charge in [0.05, 0.1) is 0 Å². The Morgan fingerprint density at radius 2 is 2.25 bits per heavy atom. The molecule has 0 saturated carbocycles. The lowest BCUT2D eigenvalue weighted by Crippen LogP contribution is -2.06. The standard InChI is InChI=1S/C11H13I/c1-8-3-2-4-9-7-10(12)5-6-11(8)9/h5-8H,2-4H2,1H3. The van der Waals surface area contributed by atoms with Gasteiger partial charge in [-0.2, -0.15) is 0 Å². The molecule has 1 heteroatoms. The molecule has 0 spiro atoms.